The highest BCUT2D eigenvalue weighted by atomic mass is 15.2. The first-order valence-corrected chi connectivity index (χ1v) is 4.41. The van der Waals surface area contributed by atoms with Gasteiger partial charge < -0.3 is 10.2 Å². The van der Waals surface area contributed by atoms with Crippen LogP contribution in [0.3, 0.4) is 0 Å². The average Bonchev–Trinajstić information content (AvgIpc) is 2.34. The van der Waals surface area contributed by atoms with Gasteiger partial charge in [-0.05, 0) is 25.9 Å². The average molecular weight is 155 g/mol. The van der Waals surface area contributed by atoms with Crippen molar-refractivity contribution >= 4 is 0 Å². The zero-order chi connectivity index (χ0) is 8.27. The summed E-state index contributed by atoms with van der Waals surface area (Å²) in [6.07, 6.45) is 1.31. The Morgan fingerprint density at radius 2 is 2.27 bits per heavy atom. The van der Waals surface area contributed by atoms with Crippen molar-refractivity contribution in [2.75, 3.05) is 26.7 Å². The molecular formula is C9H19N2. The Morgan fingerprint density at radius 1 is 1.55 bits per heavy atom. The van der Waals surface area contributed by atoms with Gasteiger partial charge in [-0.2, -0.15) is 0 Å². The molecule has 0 amide bonds. The SMILES string of the molecule is CNC1CCN(C[C](C)C)C1. The van der Waals surface area contributed by atoms with Gasteiger partial charge in [-0.1, -0.05) is 13.8 Å². The van der Waals surface area contributed by atoms with Gasteiger partial charge in [0.05, 0.1) is 0 Å². The lowest BCUT2D eigenvalue weighted by Crippen LogP contribution is -2.31. The quantitative estimate of drug-likeness (QED) is 0.651. The Bertz CT molecular complexity index is 112. The molecule has 1 aliphatic heterocycles. The first-order valence-electron chi connectivity index (χ1n) is 4.41. The molecule has 1 fully saturated rings. The van der Waals surface area contributed by atoms with Crippen molar-refractivity contribution in [1.29, 1.82) is 0 Å². The van der Waals surface area contributed by atoms with E-state index in [0.717, 1.165) is 6.04 Å². The molecule has 1 heterocycles. The van der Waals surface area contributed by atoms with Gasteiger partial charge in [0.25, 0.3) is 0 Å². The Balaban J connectivity index is 2.19. The molecule has 11 heavy (non-hydrogen) atoms. The lowest BCUT2D eigenvalue weighted by atomic mass is 10.2. The van der Waals surface area contributed by atoms with E-state index in [1.54, 1.807) is 0 Å². The summed E-state index contributed by atoms with van der Waals surface area (Å²) in [6, 6.07) is 0.731. The number of rotatable bonds is 3. The van der Waals surface area contributed by atoms with E-state index in [-0.39, 0.29) is 0 Å². The molecule has 1 unspecified atom stereocenters. The monoisotopic (exact) mass is 155 g/mol. The van der Waals surface area contributed by atoms with Gasteiger partial charge in [0.1, 0.15) is 0 Å². The van der Waals surface area contributed by atoms with Crippen LogP contribution in [-0.2, 0) is 0 Å². The molecule has 2 heteroatoms. The minimum absolute atomic E-state index is 0.731. The fourth-order valence-corrected chi connectivity index (χ4v) is 1.66. The molecule has 1 saturated heterocycles. The molecule has 0 saturated carbocycles. The molecule has 0 bridgehead atoms. The zero-order valence-electron chi connectivity index (χ0n) is 7.85. The van der Waals surface area contributed by atoms with Gasteiger partial charge in [-0.3, -0.25) is 0 Å². The van der Waals surface area contributed by atoms with Gasteiger partial charge in [-0.15, -0.1) is 0 Å². The van der Waals surface area contributed by atoms with Crippen molar-refractivity contribution in [3.8, 4) is 0 Å². The number of nitrogens with one attached hydrogen (secondary N) is 1. The molecule has 1 rings (SSSR count). The van der Waals surface area contributed by atoms with E-state index >= 15 is 0 Å². The number of likely N-dealkylation sites (tertiary alicyclic amines) is 1. The molecule has 2 nitrogen and oxygen atoms in total. The molecule has 1 N–H and O–H groups in total. The largest absolute Gasteiger partial charge is 0.316 e. The number of nitrogens with zero attached hydrogens (tertiary/aromatic N) is 1. The van der Waals surface area contributed by atoms with Crippen molar-refractivity contribution in [2.45, 2.75) is 26.3 Å². The van der Waals surface area contributed by atoms with E-state index < -0.39 is 0 Å². The van der Waals surface area contributed by atoms with E-state index in [1.807, 2.05) is 0 Å². The first kappa shape index (κ1) is 9.01. The molecule has 1 atom stereocenters. The maximum Gasteiger partial charge on any atom is 0.0204 e. The minimum Gasteiger partial charge on any atom is -0.316 e. The van der Waals surface area contributed by atoms with Crippen LogP contribution in [-0.4, -0.2) is 37.6 Å². The van der Waals surface area contributed by atoms with Crippen molar-refractivity contribution < 1.29 is 0 Å². The Morgan fingerprint density at radius 3 is 2.73 bits per heavy atom. The van der Waals surface area contributed by atoms with Crippen molar-refractivity contribution in [2.24, 2.45) is 0 Å². The Hall–Kier alpha value is -0.0800. The summed E-state index contributed by atoms with van der Waals surface area (Å²) in [4.78, 5) is 2.51. The van der Waals surface area contributed by atoms with Crippen molar-refractivity contribution in [1.82, 2.24) is 10.2 Å². The predicted octanol–water partition coefficient (Wildman–Crippen LogP) is 0.894. The second kappa shape index (κ2) is 4.07. The summed E-state index contributed by atoms with van der Waals surface area (Å²) >= 11 is 0. The van der Waals surface area contributed by atoms with Crippen molar-refractivity contribution in [3.63, 3.8) is 0 Å². The second-order valence-corrected chi connectivity index (χ2v) is 3.72. The van der Waals surface area contributed by atoms with Crippen LogP contribution < -0.4 is 5.32 Å². The van der Waals surface area contributed by atoms with Crippen LogP contribution in [0, 0.1) is 5.92 Å². The van der Waals surface area contributed by atoms with E-state index in [9.17, 15) is 0 Å². The molecule has 0 aromatic rings. The number of likely N-dealkylation sites (N-methyl/N-ethyl adjacent to an activating group) is 1. The third kappa shape index (κ3) is 2.80. The van der Waals surface area contributed by atoms with Crippen LogP contribution in [0.15, 0.2) is 0 Å². The minimum atomic E-state index is 0.731. The summed E-state index contributed by atoms with van der Waals surface area (Å²) < 4.78 is 0. The maximum atomic E-state index is 3.32. The molecule has 0 aliphatic carbocycles. The van der Waals surface area contributed by atoms with Gasteiger partial charge in [0, 0.05) is 19.1 Å². The lowest BCUT2D eigenvalue weighted by molar-refractivity contribution is 0.342. The standard InChI is InChI=1S/C9H19N2/c1-8(2)6-11-5-4-9(7-11)10-3/h9-10H,4-7H2,1-3H3. The van der Waals surface area contributed by atoms with Gasteiger partial charge >= 0.3 is 0 Å². The fourth-order valence-electron chi connectivity index (χ4n) is 1.66. The van der Waals surface area contributed by atoms with Crippen LogP contribution in [0.25, 0.3) is 0 Å². The van der Waals surface area contributed by atoms with Crippen LogP contribution >= 0.6 is 0 Å². The summed E-state index contributed by atoms with van der Waals surface area (Å²) in [5.41, 5.74) is 0. The highest BCUT2D eigenvalue weighted by Crippen LogP contribution is 2.11. The zero-order valence-corrected chi connectivity index (χ0v) is 7.85. The molecule has 0 aromatic carbocycles. The molecule has 0 aromatic heterocycles. The van der Waals surface area contributed by atoms with E-state index in [4.69, 9.17) is 0 Å². The molecular weight excluding hydrogens is 136 g/mol. The maximum absolute atomic E-state index is 3.32. The Kier molecular flexibility index (Phi) is 3.34. The number of hydrogen-bond donors (Lipinski definition) is 1. The third-order valence-electron chi connectivity index (χ3n) is 2.22. The summed E-state index contributed by atoms with van der Waals surface area (Å²) in [6.45, 7) is 8.07. The predicted molar refractivity (Wildman–Crippen MR) is 48.5 cm³/mol. The van der Waals surface area contributed by atoms with Crippen molar-refractivity contribution in [3.05, 3.63) is 5.92 Å². The van der Waals surface area contributed by atoms with Gasteiger partial charge in [0.15, 0.2) is 0 Å². The van der Waals surface area contributed by atoms with Crippen LogP contribution in [0.1, 0.15) is 20.3 Å². The summed E-state index contributed by atoms with van der Waals surface area (Å²) in [5.74, 6) is 1.52. The van der Waals surface area contributed by atoms with Gasteiger partial charge in [0.2, 0.25) is 0 Å². The lowest BCUT2D eigenvalue weighted by Gasteiger charge is -2.17. The van der Waals surface area contributed by atoms with Gasteiger partial charge in [-0.25, -0.2) is 0 Å². The highest BCUT2D eigenvalue weighted by Gasteiger charge is 2.20. The summed E-state index contributed by atoms with van der Waals surface area (Å²) in [5, 5.41) is 3.32. The second-order valence-electron chi connectivity index (χ2n) is 3.72. The third-order valence-corrected chi connectivity index (χ3v) is 2.22. The molecule has 1 aliphatic rings. The summed E-state index contributed by atoms with van der Waals surface area (Å²) in [7, 11) is 2.05. The fraction of sp³-hybridized carbons (Fsp3) is 0.889. The van der Waals surface area contributed by atoms with Crippen LogP contribution in [0.4, 0.5) is 0 Å². The van der Waals surface area contributed by atoms with E-state index in [1.165, 1.54) is 32.0 Å². The smallest absolute Gasteiger partial charge is 0.0204 e. The number of hydrogen-bond acceptors (Lipinski definition) is 2. The molecule has 0 spiro atoms. The van der Waals surface area contributed by atoms with E-state index in [2.05, 4.69) is 31.1 Å². The van der Waals surface area contributed by atoms with Crippen LogP contribution in [0.5, 0.6) is 0 Å². The van der Waals surface area contributed by atoms with Crippen LogP contribution in [0.2, 0.25) is 0 Å². The molecule has 1 radical (unpaired) electrons. The normalized spacial score (nSPS) is 26.7. The Labute approximate surface area is 70.0 Å². The molecule has 65 valence electrons. The highest BCUT2D eigenvalue weighted by molar-refractivity contribution is 4.87. The van der Waals surface area contributed by atoms with E-state index in [0.29, 0.717) is 0 Å². The topological polar surface area (TPSA) is 15.3 Å². The first-order chi connectivity index (χ1) is 5.22.